The van der Waals surface area contributed by atoms with Crippen LogP contribution in [0.1, 0.15) is 49.3 Å². The zero-order valence-electron chi connectivity index (χ0n) is 11.7. The van der Waals surface area contributed by atoms with Crippen LogP contribution in [0.4, 0.5) is 0 Å². The largest absolute Gasteiger partial charge is 0.310 e. The molecule has 0 atom stereocenters. The van der Waals surface area contributed by atoms with Crippen LogP contribution >= 0.6 is 11.3 Å². The minimum atomic E-state index is 0.571. The highest BCUT2D eigenvalue weighted by Crippen LogP contribution is 2.20. The summed E-state index contributed by atoms with van der Waals surface area (Å²) in [6, 6.07) is 5.17. The van der Waals surface area contributed by atoms with E-state index in [2.05, 4.69) is 36.2 Å². The average molecular weight is 266 g/mol. The Hall–Kier alpha value is -0.380. The molecule has 18 heavy (non-hydrogen) atoms. The number of nitrogens with one attached hydrogen (secondary N) is 1. The lowest BCUT2D eigenvalue weighted by atomic mass is 10.2. The van der Waals surface area contributed by atoms with Crippen LogP contribution in [0, 0.1) is 0 Å². The number of nitrogens with zero attached hydrogens (tertiary/aromatic N) is 1. The minimum Gasteiger partial charge on any atom is -0.310 e. The molecule has 102 valence electrons. The molecule has 2 heterocycles. The van der Waals surface area contributed by atoms with Gasteiger partial charge >= 0.3 is 0 Å². The first kappa shape index (κ1) is 14.0. The predicted molar refractivity (Wildman–Crippen MR) is 80.0 cm³/mol. The van der Waals surface area contributed by atoms with Gasteiger partial charge in [-0.05, 0) is 38.1 Å². The molecule has 3 heteroatoms. The predicted octanol–water partition coefficient (Wildman–Crippen LogP) is 3.62. The van der Waals surface area contributed by atoms with E-state index in [4.69, 9.17) is 0 Å². The summed E-state index contributed by atoms with van der Waals surface area (Å²) in [6.07, 6.45) is 5.61. The lowest BCUT2D eigenvalue weighted by Gasteiger charge is -2.18. The maximum absolute atomic E-state index is 3.49. The van der Waals surface area contributed by atoms with E-state index in [-0.39, 0.29) is 0 Å². The molecule has 1 aliphatic heterocycles. The van der Waals surface area contributed by atoms with Gasteiger partial charge in [0.1, 0.15) is 0 Å². The van der Waals surface area contributed by atoms with Gasteiger partial charge in [-0.3, -0.25) is 4.90 Å². The fourth-order valence-electron chi connectivity index (χ4n) is 2.42. The van der Waals surface area contributed by atoms with Crippen molar-refractivity contribution in [2.75, 3.05) is 13.1 Å². The first-order valence-electron chi connectivity index (χ1n) is 7.27. The molecule has 1 saturated heterocycles. The molecule has 1 aliphatic rings. The second kappa shape index (κ2) is 7.27. The highest BCUT2D eigenvalue weighted by Gasteiger charge is 2.10. The molecule has 0 aliphatic carbocycles. The zero-order chi connectivity index (χ0) is 12.8. The van der Waals surface area contributed by atoms with Crippen molar-refractivity contribution in [1.82, 2.24) is 10.2 Å². The molecule has 0 spiro atoms. The molecular formula is C15H26N2S. The van der Waals surface area contributed by atoms with Gasteiger partial charge in [-0.25, -0.2) is 0 Å². The summed E-state index contributed by atoms with van der Waals surface area (Å²) in [5, 5.41) is 3.49. The summed E-state index contributed by atoms with van der Waals surface area (Å²) in [7, 11) is 0. The molecule has 1 aromatic heterocycles. The summed E-state index contributed by atoms with van der Waals surface area (Å²) < 4.78 is 0. The summed E-state index contributed by atoms with van der Waals surface area (Å²) >= 11 is 1.97. The van der Waals surface area contributed by atoms with Crippen molar-refractivity contribution < 1.29 is 0 Å². The Kier molecular flexibility index (Phi) is 5.67. The van der Waals surface area contributed by atoms with Crippen molar-refractivity contribution in [3.05, 3.63) is 21.9 Å². The minimum absolute atomic E-state index is 0.571. The summed E-state index contributed by atoms with van der Waals surface area (Å²) in [5.74, 6) is 0. The Morgan fingerprint density at radius 1 is 1.11 bits per heavy atom. The standard InChI is InChI=1S/C15H26N2S/c1-13(2)16-11-14-7-8-15(18-14)12-17-9-5-3-4-6-10-17/h7-8,13,16H,3-6,9-12H2,1-2H3. The Labute approximate surface area is 115 Å². The van der Waals surface area contributed by atoms with E-state index in [1.54, 1.807) is 0 Å². The molecule has 2 rings (SSSR count). The fraction of sp³-hybridized carbons (Fsp3) is 0.733. The van der Waals surface area contributed by atoms with Gasteiger partial charge < -0.3 is 5.32 Å². The number of thiophene rings is 1. The quantitative estimate of drug-likeness (QED) is 0.875. The van der Waals surface area contributed by atoms with Gasteiger partial charge in [-0.2, -0.15) is 0 Å². The van der Waals surface area contributed by atoms with Gasteiger partial charge in [-0.15, -0.1) is 11.3 Å². The molecule has 0 amide bonds. The SMILES string of the molecule is CC(C)NCc1ccc(CN2CCCCCC2)s1. The topological polar surface area (TPSA) is 15.3 Å². The van der Waals surface area contributed by atoms with Crippen molar-refractivity contribution in [2.45, 2.75) is 58.7 Å². The fourth-order valence-corrected chi connectivity index (χ4v) is 3.43. The molecule has 0 radical (unpaired) electrons. The van der Waals surface area contributed by atoms with Crippen molar-refractivity contribution in [3.8, 4) is 0 Å². The number of likely N-dealkylation sites (tertiary alicyclic amines) is 1. The Bertz CT molecular complexity index is 338. The van der Waals surface area contributed by atoms with E-state index < -0.39 is 0 Å². The molecule has 0 saturated carbocycles. The van der Waals surface area contributed by atoms with Crippen LogP contribution in [0.15, 0.2) is 12.1 Å². The maximum Gasteiger partial charge on any atom is 0.0328 e. The molecule has 1 N–H and O–H groups in total. The normalized spacial score (nSPS) is 18.2. The third-order valence-corrected chi connectivity index (χ3v) is 4.55. The van der Waals surface area contributed by atoms with E-state index in [0.29, 0.717) is 6.04 Å². The van der Waals surface area contributed by atoms with Crippen molar-refractivity contribution >= 4 is 11.3 Å². The van der Waals surface area contributed by atoms with Crippen LogP contribution in [0.5, 0.6) is 0 Å². The maximum atomic E-state index is 3.49. The van der Waals surface area contributed by atoms with Crippen LogP contribution in [-0.4, -0.2) is 24.0 Å². The van der Waals surface area contributed by atoms with E-state index in [1.165, 1.54) is 48.5 Å². The Morgan fingerprint density at radius 2 is 1.78 bits per heavy atom. The molecule has 0 unspecified atom stereocenters. The van der Waals surface area contributed by atoms with Crippen molar-refractivity contribution in [2.24, 2.45) is 0 Å². The van der Waals surface area contributed by atoms with Gasteiger partial charge in [0.15, 0.2) is 0 Å². The van der Waals surface area contributed by atoms with Gasteiger partial charge in [0.05, 0.1) is 0 Å². The van der Waals surface area contributed by atoms with Crippen molar-refractivity contribution in [1.29, 1.82) is 0 Å². The number of rotatable bonds is 5. The van der Waals surface area contributed by atoms with Crippen molar-refractivity contribution in [3.63, 3.8) is 0 Å². The van der Waals surface area contributed by atoms with E-state index in [1.807, 2.05) is 11.3 Å². The van der Waals surface area contributed by atoms with Gasteiger partial charge in [0.2, 0.25) is 0 Å². The van der Waals surface area contributed by atoms with E-state index >= 15 is 0 Å². The smallest absolute Gasteiger partial charge is 0.0328 e. The lowest BCUT2D eigenvalue weighted by molar-refractivity contribution is 0.279. The zero-order valence-corrected chi connectivity index (χ0v) is 12.6. The van der Waals surface area contributed by atoms with Crippen LogP contribution in [0.3, 0.4) is 0 Å². The van der Waals surface area contributed by atoms with Crippen LogP contribution in [0.2, 0.25) is 0 Å². The first-order chi connectivity index (χ1) is 8.74. The monoisotopic (exact) mass is 266 g/mol. The summed E-state index contributed by atoms with van der Waals surface area (Å²) in [5.41, 5.74) is 0. The second-order valence-electron chi connectivity index (χ2n) is 5.59. The highest BCUT2D eigenvalue weighted by molar-refractivity contribution is 7.11. The van der Waals surface area contributed by atoms with Gasteiger partial charge in [0.25, 0.3) is 0 Å². The number of hydrogen-bond acceptors (Lipinski definition) is 3. The molecule has 1 fully saturated rings. The third-order valence-electron chi connectivity index (χ3n) is 3.48. The van der Waals surface area contributed by atoms with Crippen LogP contribution < -0.4 is 5.32 Å². The lowest BCUT2D eigenvalue weighted by Crippen LogP contribution is -2.23. The van der Waals surface area contributed by atoms with Crippen LogP contribution in [0.25, 0.3) is 0 Å². The molecule has 2 nitrogen and oxygen atoms in total. The number of hydrogen-bond donors (Lipinski definition) is 1. The molecule has 1 aromatic rings. The summed E-state index contributed by atoms with van der Waals surface area (Å²) in [6.45, 7) is 9.15. The highest BCUT2D eigenvalue weighted by atomic mass is 32.1. The molecular weight excluding hydrogens is 240 g/mol. The van der Waals surface area contributed by atoms with E-state index in [0.717, 1.165) is 13.1 Å². The van der Waals surface area contributed by atoms with Gasteiger partial charge in [0, 0.05) is 28.9 Å². The van der Waals surface area contributed by atoms with Gasteiger partial charge in [-0.1, -0.05) is 26.7 Å². The first-order valence-corrected chi connectivity index (χ1v) is 8.09. The second-order valence-corrected chi connectivity index (χ2v) is 6.85. The van der Waals surface area contributed by atoms with Crippen LogP contribution in [-0.2, 0) is 13.1 Å². The average Bonchev–Trinajstić information content (AvgIpc) is 2.62. The summed E-state index contributed by atoms with van der Waals surface area (Å²) in [4.78, 5) is 5.62. The Balaban J connectivity index is 1.81. The third kappa shape index (κ3) is 4.71. The molecule has 0 aromatic carbocycles. The molecule has 0 bridgehead atoms. The Morgan fingerprint density at radius 3 is 2.44 bits per heavy atom. The van der Waals surface area contributed by atoms with E-state index in [9.17, 15) is 0 Å².